The van der Waals surface area contributed by atoms with E-state index in [1.807, 2.05) is 34.9 Å². The monoisotopic (exact) mass is 478 g/mol. The molecule has 164 valence electrons. The van der Waals surface area contributed by atoms with Crippen LogP contribution >= 0.6 is 35.0 Å². The van der Waals surface area contributed by atoms with Gasteiger partial charge in [-0.15, -0.1) is 10.2 Å². The number of hydrogen-bond acceptors (Lipinski definition) is 5. The number of anilines is 1. The van der Waals surface area contributed by atoms with Crippen LogP contribution in [0.15, 0.2) is 53.7 Å². The predicted molar refractivity (Wildman–Crippen MR) is 126 cm³/mol. The summed E-state index contributed by atoms with van der Waals surface area (Å²) < 4.78 is 7.87. The zero-order valence-electron chi connectivity index (χ0n) is 17.3. The summed E-state index contributed by atoms with van der Waals surface area (Å²) in [7, 11) is 0. The van der Waals surface area contributed by atoms with Gasteiger partial charge in [0.15, 0.2) is 11.0 Å². The Bertz CT molecular complexity index is 1010. The maximum atomic E-state index is 12.4. The summed E-state index contributed by atoms with van der Waals surface area (Å²) in [5.74, 6) is 2.02. The highest BCUT2D eigenvalue weighted by Gasteiger charge is 2.16. The van der Waals surface area contributed by atoms with Gasteiger partial charge in [-0.2, -0.15) is 0 Å². The number of nitrogens with one attached hydrogen (secondary N) is 1. The molecule has 0 saturated heterocycles. The van der Waals surface area contributed by atoms with Crippen LogP contribution in [0, 0.1) is 5.92 Å². The normalized spacial score (nSPS) is 11.0. The molecule has 6 nitrogen and oxygen atoms in total. The SMILES string of the molecule is CC(C)CCn1c(COc2ccccc2)nnc1SCC(=O)Nc1ccc(Cl)cc1Cl. The Morgan fingerprint density at radius 1 is 1.16 bits per heavy atom. The number of hydrogen-bond donors (Lipinski definition) is 1. The Labute approximate surface area is 196 Å². The van der Waals surface area contributed by atoms with E-state index in [0.29, 0.717) is 33.4 Å². The molecule has 1 aromatic heterocycles. The maximum absolute atomic E-state index is 12.4. The Morgan fingerprint density at radius 2 is 1.94 bits per heavy atom. The van der Waals surface area contributed by atoms with E-state index in [1.165, 1.54) is 11.8 Å². The van der Waals surface area contributed by atoms with E-state index in [2.05, 4.69) is 29.4 Å². The number of thioether (sulfide) groups is 1. The molecule has 0 aliphatic rings. The third-order valence-electron chi connectivity index (χ3n) is 4.37. The second-order valence-corrected chi connectivity index (χ2v) is 9.08. The Balaban J connectivity index is 1.64. The van der Waals surface area contributed by atoms with Crippen LogP contribution in [0.2, 0.25) is 10.0 Å². The van der Waals surface area contributed by atoms with Crippen LogP contribution in [0.25, 0.3) is 0 Å². The lowest BCUT2D eigenvalue weighted by molar-refractivity contribution is -0.113. The van der Waals surface area contributed by atoms with Gasteiger partial charge in [0.25, 0.3) is 0 Å². The molecule has 3 rings (SSSR count). The van der Waals surface area contributed by atoms with E-state index in [-0.39, 0.29) is 11.7 Å². The second-order valence-electron chi connectivity index (χ2n) is 7.30. The molecule has 0 unspecified atom stereocenters. The molecular weight excluding hydrogens is 455 g/mol. The number of carbonyl (C=O) groups excluding carboxylic acids is 1. The Morgan fingerprint density at radius 3 is 2.65 bits per heavy atom. The van der Waals surface area contributed by atoms with Crippen LogP contribution in [0.5, 0.6) is 5.75 Å². The van der Waals surface area contributed by atoms with Crippen molar-refractivity contribution in [1.82, 2.24) is 14.8 Å². The smallest absolute Gasteiger partial charge is 0.234 e. The Hall–Kier alpha value is -2.22. The van der Waals surface area contributed by atoms with Gasteiger partial charge in [0.1, 0.15) is 12.4 Å². The van der Waals surface area contributed by atoms with Crippen molar-refractivity contribution in [2.75, 3.05) is 11.1 Å². The van der Waals surface area contributed by atoms with Crippen molar-refractivity contribution in [3.63, 3.8) is 0 Å². The van der Waals surface area contributed by atoms with Crippen LogP contribution in [0.4, 0.5) is 5.69 Å². The average molecular weight is 479 g/mol. The highest BCUT2D eigenvalue weighted by atomic mass is 35.5. The van der Waals surface area contributed by atoms with Gasteiger partial charge in [0, 0.05) is 11.6 Å². The number of ether oxygens (including phenoxy) is 1. The van der Waals surface area contributed by atoms with Gasteiger partial charge in [-0.3, -0.25) is 4.79 Å². The van der Waals surface area contributed by atoms with Crippen LogP contribution in [-0.4, -0.2) is 26.4 Å². The zero-order chi connectivity index (χ0) is 22.2. The molecule has 1 N–H and O–H groups in total. The van der Waals surface area contributed by atoms with Crippen molar-refractivity contribution in [3.05, 3.63) is 64.4 Å². The number of rotatable bonds is 10. The highest BCUT2D eigenvalue weighted by molar-refractivity contribution is 7.99. The summed E-state index contributed by atoms with van der Waals surface area (Å²) in [6.07, 6.45) is 0.969. The molecule has 31 heavy (non-hydrogen) atoms. The number of nitrogens with zero attached hydrogens (tertiary/aromatic N) is 3. The topological polar surface area (TPSA) is 69.0 Å². The fraction of sp³-hybridized carbons (Fsp3) is 0.318. The van der Waals surface area contributed by atoms with Gasteiger partial charge in [0.2, 0.25) is 5.91 Å². The lowest BCUT2D eigenvalue weighted by Crippen LogP contribution is -2.15. The van der Waals surface area contributed by atoms with E-state index < -0.39 is 0 Å². The molecule has 1 amide bonds. The molecule has 0 fully saturated rings. The van der Waals surface area contributed by atoms with Crippen LogP contribution in [0.3, 0.4) is 0 Å². The number of carbonyl (C=O) groups is 1. The molecule has 9 heteroatoms. The second kappa shape index (κ2) is 11.4. The molecule has 0 aliphatic carbocycles. The summed E-state index contributed by atoms with van der Waals surface area (Å²) in [5.41, 5.74) is 0.523. The summed E-state index contributed by atoms with van der Waals surface area (Å²) in [6.45, 7) is 5.40. The summed E-state index contributed by atoms with van der Waals surface area (Å²) >= 11 is 13.4. The van der Waals surface area contributed by atoms with Crippen molar-refractivity contribution in [2.45, 2.75) is 38.6 Å². The van der Waals surface area contributed by atoms with Gasteiger partial charge in [-0.05, 0) is 42.7 Å². The number of aromatic nitrogens is 3. The van der Waals surface area contributed by atoms with Crippen LogP contribution in [-0.2, 0) is 17.9 Å². The first-order valence-corrected chi connectivity index (χ1v) is 11.6. The molecule has 0 saturated carbocycles. The molecule has 0 bridgehead atoms. The summed E-state index contributed by atoms with van der Waals surface area (Å²) in [5, 5.41) is 13.0. The van der Waals surface area contributed by atoms with Crippen molar-refractivity contribution < 1.29 is 9.53 Å². The first kappa shape index (κ1) is 23.4. The van der Waals surface area contributed by atoms with E-state index in [1.54, 1.807) is 18.2 Å². The van der Waals surface area contributed by atoms with E-state index in [0.717, 1.165) is 24.5 Å². The van der Waals surface area contributed by atoms with E-state index in [9.17, 15) is 4.79 Å². The minimum Gasteiger partial charge on any atom is -0.486 e. The number of para-hydroxylation sites is 1. The van der Waals surface area contributed by atoms with Gasteiger partial charge in [-0.25, -0.2) is 0 Å². The van der Waals surface area contributed by atoms with Crippen molar-refractivity contribution in [2.24, 2.45) is 5.92 Å². The van der Waals surface area contributed by atoms with Gasteiger partial charge in [0.05, 0.1) is 16.5 Å². The van der Waals surface area contributed by atoms with Gasteiger partial charge >= 0.3 is 0 Å². The van der Waals surface area contributed by atoms with E-state index >= 15 is 0 Å². The standard InChI is InChI=1S/C22H24Cl2N4O2S/c1-15(2)10-11-28-20(13-30-17-6-4-3-5-7-17)26-27-22(28)31-14-21(29)25-19-9-8-16(23)12-18(19)24/h3-9,12,15H,10-11,13-14H2,1-2H3,(H,25,29). The largest absolute Gasteiger partial charge is 0.486 e. The average Bonchev–Trinajstić information content (AvgIpc) is 3.13. The fourth-order valence-electron chi connectivity index (χ4n) is 2.72. The first-order valence-electron chi connectivity index (χ1n) is 9.90. The molecule has 0 aliphatic heterocycles. The van der Waals surface area contributed by atoms with Gasteiger partial charge < -0.3 is 14.6 Å². The Kier molecular flexibility index (Phi) is 8.63. The van der Waals surface area contributed by atoms with E-state index in [4.69, 9.17) is 27.9 Å². The molecule has 0 radical (unpaired) electrons. The zero-order valence-corrected chi connectivity index (χ0v) is 19.7. The minimum atomic E-state index is -0.185. The molecule has 0 atom stereocenters. The number of benzene rings is 2. The van der Waals surface area contributed by atoms with Gasteiger partial charge in [-0.1, -0.05) is 67.0 Å². The number of halogens is 2. The summed E-state index contributed by atoms with van der Waals surface area (Å²) in [6, 6.07) is 14.5. The molecule has 1 heterocycles. The maximum Gasteiger partial charge on any atom is 0.234 e. The molecular formula is C22H24Cl2N4O2S. The molecule has 2 aromatic carbocycles. The third-order valence-corrected chi connectivity index (χ3v) is 5.89. The van der Waals surface area contributed by atoms with Crippen LogP contribution in [0.1, 0.15) is 26.1 Å². The highest BCUT2D eigenvalue weighted by Crippen LogP contribution is 2.26. The van der Waals surface area contributed by atoms with Crippen molar-refractivity contribution in [3.8, 4) is 5.75 Å². The van der Waals surface area contributed by atoms with Crippen molar-refractivity contribution >= 4 is 46.6 Å². The summed E-state index contributed by atoms with van der Waals surface area (Å²) in [4.78, 5) is 12.4. The number of amides is 1. The fourth-order valence-corrected chi connectivity index (χ4v) is 3.96. The minimum absolute atomic E-state index is 0.179. The quantitative estimate of drug-likeness (QED) is 0.365. The molecule has 0 spiro atoms. The lowest BCUT2D eigenvalue weighted by Gasteiger charge is -2.12. The third kappa shape index (κ3) is 7.16. The predicted octanol–water partition coefficient (Wildman–Crippen LogP) is 5.94. The molecule has 3 aromatic rings. The first-order chi connectivity index (χ1) is 14.9. The lowest BCUT2D eigenvalue weighted by atomic mass is 10.1. The van der Waals surface area contributed by atoms with Crippen LogP contribution < -0.4 is 10.1 Å². The van der Waals surface area contributed by atoms with Crippen molar-refractivity contribution in [1.29, 1.82) is 0 Å².